The van der Waals surface area contributed by atoms with E-state index in [1.165, 1.54) is 18.2 Å². The van der Waals surface area contributed by atoms with Crippen LogP contribution in [-0.2, 0) is 14.3 Å². The van der Waals surface area contributed by atoms with E-state index in [0.29, 0.717) is 0 Å². The van der Waals surface area contributed by atoms with Gasteiger partial charge < -0.3 is 4.74 Å². The van der Waals surface area contributed by atoms with Gasteiger partial charge in [-0.15, -0.1) is 0 Å². The smallest absolute Gasteiger partial charge is 0.337 e. The molecule has 1 saturated heterocycles. The molecule has 1 aromatic rings. The topological polar surface area (TPSA) is 97.8 Å². The molecule has 0 saturated carbocycles. The lowest BCUT2D eigenvalue weighted by Gasteiger charge is -2.26. The van der Waals surface area contributed by atoms with Crippen LogP contribution in [0.4, 0.5) is 0 Å². The lowest BCUT2D eigenvalue weighted by molar-refractivity contribution is -0.167. The summed E-state index contributed by atoms with van der Waals surface area (Å²) < 4.78 is 4.47. The second-order valence-corrected chi connectivity index (χ2v) is 5.21. The third-order valence-corrected chi connectivity index (χ3v) is 3.78. The molecule has 0 N–H and O–H groups in total. The second kappa shape index (κ2) is 5.03. The number of rotatable bonds is 2. The molecule has 2 heterocycles. The molecule has 2 aliphatic heterocycles. The quantitative estimate of drug-likeness (QED) is 0.347. The molecule has 8 heteroatoms. The fourth-order valence-electron chi connectivity index (χ4n) is 2.50. The lowest BCUT2D eigenvalue weighted by Crippen LogP contribution is -2.48. The maximum atomic E-state index is 12.4. The van der Waals surface area contributed by atoms with E-state index < -0.39 is 35.0 Å². The molecule has 0 bridgehead atoms. The molecule has 1 unspecified atom stereocenters. The molecule has 0 radical (unpaired) electrons. The highest BCUT2D eigenvalue weighted by Gasteiger charge is 2.45. The van der Waals surface area contributed by atoms with E-state index in [-0.39, 0.29) is 29.5 Å². The summed E-state index contributed by atoms with van der Waals surface area (Å²) >= 11 is 5.35. The van der Waals surface area contributed by atoms with Gasteiger partial charge in [-0.1, -0.05) is 0 Å². The molecule has 112 valence electrons. The normalized spacial score (nSPS) is 21.0. The van der Waals surface area contributed by atoms with Crippen molar-refractivity contribution in [2.45, 2.75) is 18.9 Å². The first-order valence-corrected chi connectivity index (χ1v) is 6.74. The van der Waals surface area contributed by atoms with E-state index in [1.54, 1.807) is 0 Å². The summed E-state index contributed by atoms with van der Waals surface area (Å²) in [5, 5.41) is -0.760. The number of ether oxygens (including phenoxy) is 1. The lowest BCUT2D eigenvalue weighted by atomic mass is 10.1. The monoisotopic (exact) mass is 321 g/mol. The number of imide groups is 1. The maximum Gasteiger partial charge on any atom is 0.337 e. The Hall–Kier alpha value is -2.54. The number of hydrogen-bond acceptors (Lipinski definition) is 6. The summed E-state index contributed by atoms with van der Waals surface area (Å²) in [5.41, 5.74) is 0.155. The van der Waals surface area contributed by atoms with Crippen molar-refractivity contribution in [3.63, 3.8) is 0 Å². The van der Waals surface area contributed by atoms with Gasteiger partial charge >= 0.3 is 11.9 Å². The number of halogens is 1. The first-order chi connectivity index (χ1) is 10.4. The molecule has 0 aromatic heterocycles. The van der Waals surface area contributed by atoms with Gasteiger partial charge in [0.2, 0.25) is 0 Å². The SMILES string of the molecule is O=C1CCC(N2C(=O)c3ccc(C(=O)Cl)cc3C2=O)C(=O)O1. The Balaban J connectivity index is 1.98. The Morgan fingerprint density at radius 2 is 1.82 bits per heavy atom. The third kappa shape index (κ3) is 2.10. The van der Waals surface area contributed by atoms with Crippen LogP contribution < -0.4 is 0 Å². The van der Waals surface area contributed by atoms with E-state index in [1.807, 2.05) is 0 Å². The standard InChI is InChI=1S/C14H8ClNO6/c15-11(18)6-1-2-7-8(5-6)13(20)16(12(7)19)9-3-4-10(17)22-14(9)21/h1-2,5,9H,3-4H2. The third-order valence-electron chi connectivity index (χ3n) is 3.57. The zero-order valence-corrected chi connectivity index (χ0v) is 11.8. The Morgan fingerprint density at radius 3 is 2.45 bits per heavy atom. The molecule has 0 spiro atoms. The molecule has 2 amide bonds. The largest absolute Gasteiger partial charge is 0.392 e. The van der Waals surface area contributed by atoms with Crippen LogP contribution in [0.25, 0.3) is 0 Å². The number of fused-ring (bicyclic) bond motifs is 1. The molecule has 1 aromatic carbocycles. The van der Waals surface area contributed by atoms with E-state index in [2.05, 4.69) is 4.74 Å². The highest BCUT2D eigenvalue weighted by atomic mass is 35.5. The number of benzene rings is 1. The van der Waals surface area contributed by atoms with Gasteiger partial charge in [-0.25, -0.2) is 4.79 Å². The molecular formula is C14H8ClNO6. The minimum absolute atomic E-state index is 0.00111. The number of hydrogen-bond donors (Lipinski definition) is 0. The number of nitrogens with zero attached hydrogens (tertiary/aromatic N) is 1. The molecule has 0 aliphatic carbocycles. The molecule has 22 heavy (non-hydrogen) atoms. The van der Waals surface area contributed by atoms with Crippen molar-refractivity contribution < 1.29 is 28.7 Å². The molecule has 1 fully saturated rings. The van der Waals surface area contributed by atoms with E-state index in [9.17, 15) is 24.0 Å². The zero-order valence-electron chi connectivity index (χ0n) is 11.0. The van der Waals surface area contributed by atoms with Crippen LogP contribution in [0, 0.1) is 0 Å². The average molecular weight is 322 g/mol. The second-order valence-electron chi connectivity index (χ2n) is 4.86. The van der Waals surface area contributed by atoms with Crippen molar-refractivity contribution in [2.75, 3.05) is 0 Å². The summed E-state index contributed by atoms with van der Waals surface area (Å²) in [4.78, 5) is 59.4. The van der Waals surface area contributed by atoms with Gasteiger partial charge in [0, 0.05) is 12.0 Å². The Labute approximate surface area is 128 Å². The van der Waals surface area contributed by atoms with Crippen molar-refractivity contribution in [1.29, 1.82) is 0 Å². The highest BCUT2D eigenvalue weighted by molar-refractivity contribution is 6.67. The Bertz CT molecular complexity index is 756. The fraction of sp³-hybridized carbons (Fsp3) is 0.214. The molecule has 7 nitrogen and oxygen atoms in total. The Morgan fingerprint density at radius 1 is 1.14 bits per heavy atom. The summed E-state index contributed by atoms with van der Waals surface area (Å²) in [7, 11) is 0. The number of carbonyl (C=O) groups excluding carboxylic acids is 5. The van der Waals surface area contributed by atoms with Crippen LogP contribution >= 0.6 is 11.6 Å². The van der Waals surface area contributed by atoms with Gasteiger partial charge in [0.25, 0.3) is 17.1 Å². The fourth-order valence-corrected chi connectivity index (χ4v) is 2.62. The van der Waals surface area contributed by atoms with Gasteiger partial charge in [0.1, 0.15) is 6.04 Å². The number of carbonyl (C=O) groups is 5. The van der Waals surface area contributed by atoms with Gasteiger partial charge in [0.15, 0.2) is 0 Å². The predicted molar refractivity (Wildman–Crippen MR) is 71.2 cm³/mol. The number of cyclic esters (lactones) is 2. The van der Waals surface area contributed by atoms with Gasteiger partial charge in [-0.05, 0) is 36.2 Å². The minimum atomic E-state index is -1.14. The van der Waals surface area contributed by atoms with E-state index in [4.69, 9.17) is 11.6 Å². The van der Waals surface area contributed by atoms with Crippen LogP contribution in [-0.4, -0.2) is 39.9 Å². The number of esters is 2. The van der Waals surface area contributed by atoms with Crippen LogP contribution in [0.15, 0.2) is 18.2 Å². The maximum absolute atomic E-state index is 12.4. The zero-order chi connectivity index (χ0) is 16.0. The first-order valence-electron chi connectivity index (χ1n) is 6.36. The van der Waals surface area contributed by atoms with Crippen molar-refractivity contribution in [3.8, 4) is 0 Å². The summed E-state index contributed by atoms with van der Waals surface area (Å²) in [6.07, 6.45) is -0.0420. The molecular weight excluding hydrogens is 314 g/mol. The van der Waals surface area contributed by atoms with Crippen LogP contribution in [0.3, 0.4) is 0 Å². The van der Waals surface area contributed by atoms with Gasteiger partial charge in [-0.3, -0.25) is 24.1 Å². The van der Waals surface area contributed by atoms with Crippen molar-refractivity contribution in [1.82, 2.24) is 4.90 Å². The summed E-state index contributed by atoms with van der Waals surface area (Å²) in [6, 6.07) is 2.71. The van der Waals surface area contributed by atoms with Crippen molar-refractivity contribution in [3.05, 3.63) is 34.9 Å². The van der Waals surface area contributed by atoms with Gasteiger partial charge in [0.05, 0.1) is 11.1 Å². The van der Waals surface area contributed by atoms with E-state index in [0.717, 1.165) is 4.90 Å². The van der Waals surface area contributed by atoms with Crippen molar-refractivity contribution in [2.24, 2.45) is 0 Å². The van der Waals surface area contributed by atoms with E-state index >= 15 is 0 Å². The minimum Gasteiger partial charge on any atom is -0.392 e. The summed E-state index contributed by atoms with van der Waals surface area (Å²) in [5.74, 6) is -2.99. The average Bonchev–Trinajstić information content (AvgIpc) is 2.71. The predicted octanol–water partition coefficient (Wildman–Crippen LogP) is 0.894. The molecule has 1 atom stereocenters. The van der Waals surface area contributed by atoms with Gasteiger partial charge in [-0.2, -0.15) is 0 Å². The highest BCUT2D eigenvalue weighted by Crippen LogP contribution is 2.29. The van der Waals surface area contributed by atoms with Crippen LogP contribution in [0.5, 0.6) is 0 Å². The molecule has 2 aliphatic rings. The van der Waals surface area contributed by atoms with Crippen molar-refractivity contribution >= 4 is 40.6 Å². The molecule has 3 rings (SSSR count). The summed E-state index contributed by atoms with van der Waals surface area (Å²) in [6.45, 7) is 0. The van der Waals surface area contributed by atoms with Crippen LogP contribution in [0.2, 0.25) is 0 Å². The Kier molecular flexibility index (Phi) is 3.29. The number of amides is 2. The van der Waals surface area contributed by atoms with Crippen LogP contribution in [0.1, 0.15) is 43.9 Å². The first kappa shape index (κ1) is 14.4.